The van der Waals surface area contributed by atoms with Crippen molar-refractivity contribution < 1.29 is 14.7 Å². The van der Waals surface area contributed by atoms with Crippen molar-refractivity contribution in [3.63, 3.8) is 0 Å². The van der Waals surface area contributed by atoms with E-state index in [9.17, 15) is 9.59 Å². The van der Waals surface area contributed by atoms with Gasteiger partial charge < -0.3 is 5.11 Å². The number of amides is 2. The summed E-state index contributed by atoms with van der Waals surface area (Å²) < 4.78 is 0. The van der Waals surface area contributed by atoms with E-state index in [1.165, 1.54) is 23.7 Å². The van der Waals surface area contributed by atoms with Crippen LogP contribution in [0.2, 0.25) is 0 Å². The number of benzene rings is 1. The van der Waals surface area contributed by atoms with Crippen LogP contribution in [0.25, 0.3) is 0 Å². The summed E-state index contributed by atoms with van der Waals surface area (Å²) in [6.45, 7) is 6.38. The lowest BCUT2D eigenvalue weighted by Gasteiger charge is -2.12. The van der Waals surface area contributed by atoms with Gasteiger partial charge in [0.15, 0.2) is 0 Å². The van der Waals surface area contributed by atoms with Crippen LogP contribution in [0.4, 0.5) is 4.79 Å². The van der Waals surface area contributed by atoms with E-state index in [1.54, 1.807) is 0 Å². The average Bonchev–Trinajstić information content (AvgIpc) is 2.36. The Hall–Kier alpha value is -1.84. The van der Waals surface area contributed by atoms with E-state index in [1.807, 2.05) is 0 Å². The zero-order chi connectivity index (χ0) is 15.3. The molecule has 1 rings (SSSR count). The first-order chi connectivity index (χ1) is 9.31. The molecule has 0 unspecified atom stereocenters. The molecule has 4 heteroatoms. The van der Waals surface area contributed by atoms with Crippen LogP contribution in [0.5, 0.6) is 0 Å². The highest BCUT2D eigenvalue weighted by atomic mass is 16.4. The maximum Gasteiger partial charge on any atom is 0.413 e. The molecule has 0 saturated carbocycles. The Morgan fingerprint density at radius 3 is 2.45 bits per heavy atom. The molecule has 1 aromatic carbocycles. The number of aryl methyl sites for hydroxylation is 2. The molecule has 0 saturated heterocycles. The summed E-state index contributed by atoms with van der Waals surface area (Å²) in [5.74, 6) is 0.127. The van der Waals surface area contributed by atoms with Crippen molar-refractivity contribution in [1.29, 1.82) is 0 Å². The minimum absolute atomic E-state index is 0.258. The number of imide groups is 1. The van der Waals surface area contributed by atoms with Gasteiger partial charge in [-0.05, 0) is 36.8 Å². The molecule has 1 aromatic rings. The lowest BCUT2D eigenvalue weighted by atomic mass is 9.96. The van der Waals surface area contributed by atoms with Gasteiger partial charge in [-0.1, -0.05) is 37.6 Å². The molecule has 0 aliphatic heterocycles. The Morgan fingerprint density at radius 1 is 1.25 bits per heavy atom. The van der Waals surface area contributed by atoms with E-state index >= 15 is 0 Å². The van der Waals surface area contributed by atoms with E-state index in [4.69, 9.17) is 5.11 Å². The molecule has 0 radical (unpaired) electrons. The Balaban J connectivity index is 2.58. The van der Waals surface area contributed by atoms with Crippen molar-refractivity contribution >= 4 is 12.0 Å². The summed E-state index contributed by atoms with van der Waals surface area (Å²) in [4.78, 5) is 23.0. The first-order valence-corrected chi connectivity index (χ1v) is 6.91. The molecule has 0 bridgehead atoms. The van der Waals surface area contributed by atoms with Gasteiger partial charge in [0.05, 0.1) is 0 Å². The number of hydrogen-bond donors (Lipinski definition) is 1. The summed E-state index contributed by atoms with van der Waals surface area (Å²) in [6.07, 6.45) is 0.513. The normalized spacial score (nSPS) is 10.7. The molecular formula is C16H23NO3. The fraction of sp³-hybridized carbons (Fsp3) is 0.500. The van der Waals surface area contributed by atoms with Crippen LogP contribution in [-0.4, -0.2) is 29.1 Å². The Kier molecular flexibility index (Phi) is 5.74. The molecule has 0 atom stereocenters. The average molecular weight is 277 g/mol. The highest BCUT2D eigenvalue weighted by Gasteiger charge is 2.14. The number of nitrogens with zero attached hydrogens (tertiary/aromatic N) is 1. The Labute approximate surface area is 120 Å². The van der Waals surface area contributed by atoms with E-state index < -0.39 is 6.09 Å². The standard InChI is InChI=1S/C16H23NO3/c1-11(2)14-9-12(3)8-13(10-14)6-5-7-15(18)17(4)16(19)20/h8-11H,5-7H2,1-4H3,(H,19,20). The smallest absolute Gasteiger partial charge is 0.413 e. The molecule has 0 aromatic heterocycles. The summed E-state index contributed by atoms with van der Waals surface area (Å²) in [5.41, 5.74) is 3.73. The lowest BCUT2D eigenvalue weighted by Crippen LogP contribution is -2.31. The van der Waals surface area contributed by atoms with Gasteiger partial charge in [0.1, 0.15) is 0 Å². The maximum atomic E-state index is 11.6. The van der Waals surface area contributed by atoms with E-state index in [0.717, 1.165) is 11.3 Å². The molecule has 0 aliphatic rings. The Morgan fingerprint density at radius 2 is 1.90 bits per heavy atom. The summed E-state index contributed by atoms with van der Waals surface area (Å²) in [5, 5.41) is 8.71. The second kappa shape index (κ2) is 7.08. The molecule has 0 fully saturated rings. The zero-order valence-corrected chi connectivity index (χ0v) is 12.6. The molecule has 0 heterocycles. The van der Waals surface area contributed by atoms with Crippen LogP contribution >= 0.6 is 0 Å². The molecule has 20 heavy (non-hydrogen) atoms. The number of carboxylic acid groups (broad SMARTS) is 1. The predicted octanol–water partition coefficient (Wildman–Crippen LogP) is 3.58. The topological polar surface area (TPSA) is 57.6 Å². The van der Waals surface area contributed by atoms with Crippen LogP contribution in [0.1, 0.15) is 49.3 Å². The van der Waals surface area contributed by atoms with Crippen LogP contribution in [-0.2, 0) is 11.2 Å². The van der Waals surface area contributed by atoms with Crippen LogP contribution in [0, 0.1) is 6.92 Å². The van der Waals surface area contributed by atoms with Gasteiger partial charge in [0, 0.05) is 13.5 Å². The lowest BCUT2D eigenvalue weighted by molar-refractivity contribution is -0.128. The van der Waals surface area contributed by atoms with Crippen molar-refractivity contribution in [1.82, 2.24) is 4.90 Å². The van der Waals surface area contributed by atoms with E-state index in [2.05, 4.69) is 39.0 Å². The molecule has 0 aliphatic carbocycles. The third-order valence-corrected chi connectivity index (χ3v) is 3.34. The SMILES string of the molecule is Cc1cc(CCCC(=O)N(C)C(=O)O)cc(C(C)C)c1. The van der Waals surface area contributed by atoms with Gasteiger partial charge in [-0.2, -0.15) is 0 Å². The second-order valence-electron chi connectivity index (χ2n) is 5.50. The fourth-order valence-electron chi connectivity index (χ4n) is 2.09. The van der Waals surface area contributed by atoms with E-state index in [-0.39, 0.29) is 12.3 Å². The molecule has 2 amide bonds. The predicted molar refractivity (Wildman–Crippen MR) is 79.0 cm³/mol. The van der Waals surface area contributed by atoms with Gasteiger partial charge in [-0.25, -0.2) is 4.79 Å². The minimum atomic E-state index is -1.20. The van der Waals surface area contributed by atoms with Crippen molar-refractivity contribution in [3.8, 4) is 0 Å². The summed E-state index contributed by atoms with van der Waals surface area (Å²) >= 11 is 0. The number of rotatable bonds is 5. The number of carbonyl (C=O) groups is 2. The second-order valence-corrected chi connectivity index (χ2v) is 5.50. The third kappa shape index (κ3) is 4.68. The first-order valence-electron chi connectivity index (χ1n) is 6.91. The van der Waals surface area contributed by atoms with Gasteiger partial charge in [-0.15, -0.1) is 0 Å². The summed E-state index contributed by atoms with van der Waals surface area (Å²) in [6, 6.07) is 6.47. The van der Waals surface area contributed by atoms with Gasteiger partial charge in [0.25, 0.3) is 0 Å². The molecule has 110 valence electrons. The highest BCUT2D eigenvalue weighted by Crippen LogP contribution is 2.19. The molecule has 4 nitrogen and oxygen atoms in total. The molecule has 1 N–H and O–H groups in total. The number of carbonyl (C=O) groups excluding carboxylic acids is 1. The van der Waals surface area contributed by atoms with Crippen LogP contribution < -0.4 is 0 Å². The van der Waals surface area contributed by atoms with Crippen molar-refractivity contribution in [2.75, 3.05) is 7.05 Å². The largest absolute Gasteiger partial charge is 0.465 e. The van der Waals surface area contributed by atoms with Crippen LogP contribution in [0.15, 0.2) is 18.2 Å². The maximum absolute atomic E-state index is 11.6. The zero-order valence-electron chi connectivity index (χ0n) is 12.6. The fourth-order valence-corrected chi connectivity index (χ4v) is 2.09. The monoisotopic (exact) mass is 277 g/mol. The van der Waals surface area contributed by atoms with Crippen molar-refractivity contribution in [3.05, 3.63) is 34.9 Å². The van der Waals surface area contributed by atoms with E-state index in [0.29, 0.717) is 12.3 Å². The quantitative estimate of drug-likeness (QED) is 0.895. The van der Waals surface area contributed by atoms with Crippen molar-refractivity contribution in [2.45, 2.75) is 46.0 Å². The molecule has 0 spiro atoms. The summed E-state index contributed by atoms with van der Waals surface area (Å²) in [7, 11) is 1.29. The van der Waals surface area contributed by atoms with Gasteiger partial charge in [-0.3, -0.25) is 9.69 Å². The van der Waals surface area contributed by atoms with Gasteiger partial charge in [0.2, 0.25) is 5.91 Å². The molecular weight excluding hydrogens is 254 g/mol. The first kappa shape index (κ1) is 16.2. The van der Waals surface area contributed by atoms with Crippen molar-refractivity contribution in [2.24, 2.45) is 0 Å². The number of hydrogen-bond acceptors (Lipinski definition) is 2. The third-order valence-electron chi connectivity index (χ3n) is 3.34. The van der Waals surface area contributed by atoms with Crippen LogP contribution in [0.3, 0.4) is 0 Å². The minimum Gasteiger partial charge on any atom is -0.465 e. The highest BCUT2D eigenvalue weighted by molar-refractivity contribution is 5.90. The van der Waals surface area contributed by atoms with Gasteiger partial charge >= 0.3 is 6.09 Å². The Bertz CT molecular complexity index is 494.